The van der Waals surface area contributed by atoms with Crippen LogP contribution in [0.15, 0.2) is 66.5 Å². The molecule has 0 bridgehead atoms. The fraction of sp³-hybridized carbons (Fsp3) is 0.636. The van der Waals surface area contributed by atoms with Crippen molar-refractivity contribution in [3.63, 3.8) is 0 Å². The maximum absolute atomic E-state index is 14.5. The molecule has 364 valence electrons. The Morgan fingerprint density at radius 2 is 0.970 bits per heavy atom. The molecule has 2 aromatic rings. The van der Waals surface area contributed by atoms with E-state index in [4.69, 9.17) is 28.6 Å². The van der Waals surface area contributed by atoms with Crippen LogP contribution in [-0.4, -0.2) is 190 Å². The van der Waals surface area contributed by atoms with Gasteiger partial charge in [0.25, 0.3) is 0 Å². The Kier molecular flexibility index (Phi) is 16.5. The number of benzene rings is 2. The van der Waals surface area contributed by atoms with Crippen LogP contribution in [0.4, 0.5) is 0 Å². The van der Waals surface area contributed by atoms with E-state index in [2.05, 4.69) is 40.7 Å². The average Bonchev–Trinajstić information content (AvgIpc) is 3.96. The van der Waals surface area contributed by atoms with Crippen LogP contribution in [0.25, 0.3) is 0 Å². The highest BCUT2D eigenvalue weighted by Crippen LogP contribution is 2.38. The lowest BCUT2D eigenvalue weighted by Gasteiger charge is -2.37. The number of rotatable bonds is 16. The summed E-state index contributed by atoms with van der Waals surface area (Å²) in [6, 6.07) is 9.83. The van der Waals surface area contributed by atoms with Crippen molar-refractivity contribution in [1.82, 2.24) is 29.0 Å². The van der Waals surface area contributed by atoms with Crippen LogP contribution >= 0.6 is 0 Å². The van der Waals surface area contributed by atoms with Crippen LogP contribution in [0.5, 0.6) is 0 Å². The van der Waals surface area contributed by atoms with Gasteiger partial charge < -0.3 is 49.1 Å². The molecule has 0 atom stereocenters. The number of fused-ring (bicyclic) bond motifs is 2. The SMILES string of the molecule is CCNC(=NCCCN(C)C)ON=C1c2ccc(S(=O)(=O)N3CCC4(CC3)OCCO4)cc2C(=NOC(=NCCCN(C)C)NCC)c2cc(S(=O)(=O)N3CCC4(CC3)OCCO4)ccc21. The predicted octanol–water partition coefficient (Wildman–Crippen LogP) is 2.43. The van der Waals surface area contributed by atoms with Crippen molar-refractivity contribution in [2.45, 2.75) is 73.7 Å². The molecule has 4 aliphatic heterocycles. The lowest BCUT2D eigenvalue weighted by molar-refractivity contribution is -0.179. The standard InChI is InChI=1S/C44H66N10O10S2/c1-7-45-41(47-19-9-21-51(3)4)63-49-39-35-13-11-33(65(55,56)53-23-15-43(16-24-53)59-27-28-60-43)31-37(35)40(50-64-42(46-8-2)48-20-10-22-52(5)6)38-32-34(12-14-36(38)39)66(57,58)54-25-17-44(18-26-54)61-29-30-62-44/h11-14,31-32H,7-10,15-30H2,1-6H3,(H,45,47)(H,46,48). The highest BCUT2D eigenvalue weighted by Gasteiger charge is 2.45. The van der Waals surface area contributed by atoms with Gasteiger partial charge in [-0.15, -0.1) is 0 Å². The fourth-order valence-electron chi connectivity index (χ4n) is 8.51. The molecule has 0 radical (unpaired) electrons. The van der Waals surface area contributed by atoms with Gasteiger partial charge in [-0.25, -0.2) is 26.8 Å². The molecular formula is C44H66N10O10S2. The molecule has 1 aliphatic carbocycles. The lowest BCUT2D eigenvalue weighted by atomic mass is 9.83. The summed E-state index contributed by atoms with van der Waals surface area (Å²) in [4.78, 5) is 25.6. The van der Waals surface area contributed by atoms with Crippen molar-refractivity contribution >= 4 is 43.5 Å². The second-order valence-electron chi connectivity index (χ2n) is 17.2. The molecule has 7 rings (SSSR count). The first-order valence-electron chi connectivity index (χ1n) is 22.9. The highest BCUT2D eigenvalue weighted by molar-refractivity contribution is 7.89. The summed E-state index contributed by atoms with van der Waals surface area (Å²) in [7, 11) is -0.173. The summed E-state index contributed by atoms with van der Waals surface area (Å²) in [6.45, 7) is 10.0. The van der Waals surface area contributed by atoms with Crippen LogP contribution in [0, 0.1) is 0 Å². The molecule has 66 heavy (non-hydrogen) atoms. The smallest absolute Gasteiger partial charge is 0.314 e. The van der Waals surface area contributed by atoms with Crippen molar-refractivity contribution in [2.75, 3.05) is 120 Å². The molecule has 4 fully saturated rings. The van der Waals surface area contributed by atoms with Gasteiger partial charge in [0.15, 0.2) is 11.6 Å². The zero-order valence-corrected chi connectivity index (χ0v) is 40.7. The van der Waals surface area contributed by atoms with Gasteiger partial charge in [-0.3, -0.25) is 0 Å². The van der Waals surface area contributed by atoms with E-state index in [0.29, 0.717) is 106 Å². The van der Waals surface area contributed by atoms with Crippen LogP contribution in [0.3, 0.4) is 0 Å². The topological polar surface area (TPSA) is 210 Å². The van der Waals surface area contributed by atoms with Gasteiger partial charge in [0.2, 0.25) is 20.0 Å². The van der Waals surface area contributed by atoms with Crippen molar-refractivity contribution in [2.24, 2.45) is 20.3 Å². The summed E-state index contributed by atoms with van der Waals surface area (Å²) >= 11 is 0. The number of piperidine rings is 2. The van der Waals surface area contributed by atoms with Crippen molar-refractivity contribution < 1.29 is 45.5 Å². The second-order valence-corrected chi connectivity index (χ2v) is 21.1. The first-order chi connectivity index (χ1) is 31.7. The van der Waals surface area contributed by atoms with E-state index >= 15 is 0 Å². The van der Waals surface area contributed by atoms with Crippen LogP contribution in [0.1, 0.15) is 74.6 Å². The molecular weight excluding hydrogens is 893 g/mol. The molecule has 4 heterocycles. The number of amidine groups is 2. The van der Waals surface area contributed by atoms with E-state index < -0.39 is 31.6 Å². The Bertz CT molecular complexity index is 2220. The summed E-state index contributed by atoms with van der Waals surface area (Å²) in [5, 5.41) is 15.6. The normalized spacial score (nSPS) is 20.2. The van der Waals surface area contributed by atoms with E-state index in [-0.39, 0.29) is 53.7 Å². The third-order valence-electron chi connectivity index (χ3n) is 12.0. The van der Waals surface area contributed by atoms with Gasteiger partial charge in [-0.1, -0.05) is 22.4 Å². The van der Waals surface area contributed by atoms with E-state index in [1.54, 1.807) is 12.1 Å². The van der Waals surface area contributed by atoms with Gasteiger partial charge in [0.05, 0.1) is 36.2 Å². The van der Waals surface area contributed by atoms with Crippen LogP contribution in [-0.2, 0) is 48.7 Å². The minimum atomic E-state index is -4.07. The third kappa shape index (κ3) is 11.6. The maximum Gasteiger partial charge on any atom is 0.314 e. The first kappa shape index (κ1) is 49.8. The molecule has 2 N–H and O–H groups in total. The Morgan fingerprint density at radius 3 is 1.32 bits per heavy atom. The zero-order valence-electron chi connectivity index (χ0n) is 39.1. The number of hydrogen-bond donors (Lipinski definition) is 2. The van der Waals surface area contributed by atoms with E-state index in [9.17, 15) is 16.8 Å². The summed E-state index contributed by atoms with van der Waals surface area (Å²) in [5.74, 6) is -1.56. The molecule has 0 amide bonds. The van der Waals surface area contributed by atoms with Crippen molar-refractivity contribution in [1.29, 1.82) is 0 Å². The van der Waals surface area contributed by atoms with E-state index in [1.807, 2.05) is 42.0 Å². The zero-order chi connectivity index (χ0) is 47.0. The third-order valence-corrected chi connectivity index (χ3v) is 15.8. The predicted molar refractivity (Wildman–Crippen MR) is 250 cm³/mol. The van der Waals surface area contributed by atoms with E-state index in [0.717, 1.165) is 25.9 Å². The highest BCUT2D eigenvalue weighted by atomic mass is 32.2. The Labute approximate surface area is 389 Å². The van der Waals surface area contributed by atoms with Crippen LogP contribution in [0.2, 0.25) is 0 Å². The van der Waals surface area contributed by atoms with Gasteiger partial charge in [-0.05, 0) is 92.2 Å². The molecule has 2 aromatic carbocycles. The van der Waals surface area contributed by atoms with Gasteiger partial charge >= 0.3 is 12.0 Å². The number of sulfonamides is 2. The molecule has 0 unspecified atom stereocenters. The monoisotopic (exact) mass is 958 g/mol. The molecule has 5 aliphatic rings. The molecule has 2 spiro atoms. The average molecular weight is 959 g/mol. The quantitative estimate of drug-likeness (QED) is 0.0915. The Morgan fingerprint density at radius 1 is 0.606 bits per heavy atom. The maximum atomic E-state index is 14.5. The molecule has 20 nitrogen and oxygen atoms in total. The minimum Gasteiger partial charge on any atom is -0.347 e. The van der Waals surface area contributed by atoms with Gasteiger partial charge in [0, 0.05) is 100 Å². The fourth-order valence-corrected chi connectivity index (χ4v) is 11.4. The van der Waals surface area contributed by atoms with Crippen molar-refractivity contribution in [3.05, 3.63) is 58.7 Å². The largest absolute Gasteiger partial charge is 0.347 e. The number of nitrogens with zero attached hydrogens (tertiary/aromatic N) is 8. The molecule has 0 saturated carbocycles. The van der Waals surface area contributed by atoms with Gasteiger partial charge in [0.1, 0.15) is 11.4 Å². The van der Waals surface area contributed by atoms with Crippen LogP contribution < -0.4 is 10.6 Å². The number of hydrogen-bond acceptors (Lipinski definition) is 16. The molecule has 4 saturated heterocycles. The molecule has 22 heteroatoms. The minimum absolute atomic E-state index is 0.00398. The summed E-state index contributed by atoms with van der Waals surface area (Å²) in [6.07, 6.45) is 3.10. The number of nitrogens with one attached hydrogen (secondary N) is 2. The number of aliphatic imine (C=N–C) groups is 2. The number of ether oxygens (including phenoxy) is 4. The first-order valence-corrected chi connectivity index (χ1v) is 25.8. The Balaban J connectivity index is 1.33. The summed E-state index contributed by atoms with van der Waals surface area (Å²) in [5.41, 5.74) is 2.07. The van der Waals surface area contributed by atoms with E-state index in [1.165, 1.54) is 32.9 Å². The summed E-state index contributed by atoms with van der Waals surface area (Å²) < 4.78 is 84.5. The number of oxime groups is 2. The van der Waals surface area contributed by atoms with Gasteiger partial charge in [-0.2, -0.15) is 8.61 Å². The molecule has 0 aromatic heterocycles. The van der Waals surface area contributed by atoms with Crippen molar-refractivity contribution in [3.8, 4) is 0 Å². The lowest BCUT2D eigenvalue weighted by Crippen LogP contribution is -2.47. The second kappa shape index (κ2) is 21.9. The Hall–Kier alpha value is -4.10.